The first-order valence-corrected chi connectivity index (χ1v) is 6.75. The van der Waals surface area contributed by atoms with Gasteiger partial charge in [0, 0.05) is 24.4 Å². The second-order valence-electron chi connectivity index (χ2n) is 5.58. The molecule has 3 nitrogen and oxygen atoms in total. The number of nitrogens with zero attached hydrogens (tertiary/aromatic N) is 1. The van der Waals surface area contributed by atoms with Crippen LogP contribution in [-0.2, 0) is 4.79 Å². The van der Waals surface area contributed by atoms with Gasteiger partial charge in [0.2, 0.25) is 0 Å². The van der Waals surface area contributed by atoms with Crippen molar-refractivity contribution in [1.82, 2.24) is 0 Å². The minimum atomic E-state index is -0.907. The number of hydrogen-bond acceptors (Lipinski definition) is 2. The molecular formula is C16H21NO2. The molecule has 0 aliphatic carbocycles. The fourth-order valence-corrected chi connectivity index (χ4v) is 2.87. The molecule has 102 valence electrons. The van der Waals surface area contributed by atoms with E-state index in [1.165, 1.54) is 12.5 Å². The molecule has 2 atom stereocenters. The largest absolute Gasteiger partial charge is 0.478 e. The summed E-state index contributed by atoms with van der Waals surface area (Å²) < 4.78 is 0. The van der Waals surface area contributed by atoms with E-state index in [4.69, 9.17) is 5.11 Å². The predicted octanol–water partition coefficient (Wildman–Crippen LogP) is 3.33. The summed E-state index contributed by atoms with van der Waals surface area (Å²) in [6, 6.07) is 6.74. The molecule has 0 amide bonds. The predicted molar refractivity (Wildman–Crippen MR) is 78.4 cm³/mol. The second kappa shape index (κ2) is 5.47. The Morgan fingerprint density at radius 1 is 1.42 bits per heavy atom. The summed E-state index contributed by atoms with van der Waals surface area (Å²) in [4.78, 5) is 13.1. The first kappa shape index (κ1) is 13.7. The molecule has 0 radical (unpaired) electrons. The highest BCUT2D eigenvalue weighted by Gasteiger charge is 2.27. The van der Waals surface area contributed by atoms with Crippen molar-refractivity contribution in [2.24, 2.45) is 5.92 Å². The lowest BCUT2D eigenvalue weighted by Crippen LogP contribution is -2.27. The lowest BCUT2D eigenvalue weighted by Gasteiger charge is -2.26. The van der Waals surface area contributed by atoms with Crippen LogP contribution in [0.2, 0.25) is 0 Å². The quantitative estimate of drug-likeness (QED) is 0.846. The number of hydrogen-bond donors (Lipinski definition) is 1. The van der Waals surface area contributed by atoms with Gasteiger partial charge in [-0.15, -0.1) is 0 Å². The minimum Gasteiger partial charge on any atom is -0.478 e. The van der Waals surface area contributed by atoms with E-state index in [1.54, 1.807) is 6.08 Å². The zero-order valence-electron chi connectivity index (χ0n) is 11.8. The zero-order valence-corrected chi connectivity index (χ0v) is 11.8. The Morgan fingerprint density at radius 3 is 2.74 bits per heavy atom. The van der Waals surface area contributed by atoms with Gasteiger partial charge in [-0.25, -0.2) is 4.79 Å². The second-order valence-corrected chi connectivity index (χ2v) is 5.58. The Hall–Kier alpha value is -1.77. The Labute approximate surface area is 114 Å². The summed E-state index contributed by atoms with van der Waals surface area (Å²) in [6.45, 7) is 7.56. The molecule has 0 saturated carbocycles. The van der Waals surface area contributed by atoms with Gasteiger partial charge in [0.25, 0.3) is 0 Å². The summed E-state index contributed by atoms with van der Waals surface area (Å²) in [5.41, 5.74) is 3.27. The van der Waals surface area contributed by atoms with Crippen LogP contribution in [0.1, 0.15) is 31.4 Å². The Kier molecular flexibility index (Phi) is 3.93. The highest BCUT2D eigenvalue weighted by molar-refractivity contribution is 5.87. The van der Waals surface area contributed by atoms with E-state index in [-0.39, 0.29) is 0 Å². The van der Waals surface area contributed by atoms with Gasteiger partial charge in [-0.05, 0) is 50.0 Å². The summed E-state index contributed by atoms with van der Waals surface area (Å²) >= 11 is 0. The van der Waals surface area contributed by atoms with Gasteiger partial charge in [0.15, 0.2) is 0 Å². The number of carboxylic acids is 1. The molecule has 1 aromatic carbocycles. The first-order valence-electron chi connectivity index (χ1n) is 6.75. The molecule has 1 aliphatic heterocycles. The third-order valence-corrected chi connectivity index (χ3v) is 3.68. The van der Waals surface area contributed by atoms with Gasteiger partial charge >= 0.3 is 5.97 Å². The van der Waals surface area contributed by atoms with Crippen LogP contribution in [0.3, 0.4) is 0 Å². The molecule has 1 aliphatic rings. The third-order valence-electron chi connectivity index (χ3n) is 3.68. The number of rotatable bonds is 3. The lowest BCUT2D eigenvalue weighted by molar-refractivity contribution is -0.131. The van der Waals surface area contributed by atoms with Crippen LogP contribution in [0.15, 0.2) is 24.3 Å². The van der Waals surface area contributed by atoms with Crippen LogP contribution in [0.25, 0.3) is 6.08 Å². The standard InChI is InChI=1S/C16H21NO2/c1-11-4-6-15(14(9-11)5-7-16(18)19)17-10-12(2)8-13(17)3/h4-7,9,12-13H,8,10H2,1-3H3,(H,18,19)/b7-5+. The molecular weight excluding hydrogens is 238 g/mol. The van der Waals surface area contributed by atoms with Crippen LogP contribution in [0.5, 0.6) is 0 Å². The van der Waals surface area contributed by atoms with Crippen LogP contribution in [0, 0.1) is 12.8 Å². The average Bonchev–Trinajstić information content (AvgIpc) is 2.66. The maximum atomic E-state index is 10.7. The van der Waals surface area contributed by atoms with Crippen LogP contribution in [-0.4, -0.2) is 23.7 Å². The van der Waals surface area contributed by atoms with Crippen LogP contribution >= 0.6 is 0 Å². The van der Waals surface area contributed by atoms with E-state index in [0.717, 1.165) is 23.4 Å². The van der Waals surface area contributed by atoms with Gasteiger partial charge in [0.05, 0.1) is 0 Å². The smallest absolute Gasteiger partial charge is 0.328 e. The summed E-state index contributed by atoms with van der Waals surface area (Å²) in [6.07, 6.45) is 4.10. The van der Waals surface area contributed by atoms with Crippen LogP contribution in [0.4, 0.5) is 5.69 Å². The van der Waals surface area contributed by atoms with Crippen molar-refractivity contribution in [3.05, 3.63) is 35.4 Å². The van der Waals surface area contributed by atoms with E-state index >= 15 is 0 Å². The van der Waals surface area contributed by atoms with Gasteiger partial charge in [-0.2, -0.15) is 0 Å². The fourth-order valence-electron chi connectivity index (χ4n) is 2.87. The topological polar surface area (TPSA) is 40.5 Å². The number of carboxylic acid groups (broad SMARTS) is 1. The van der Waals surface area contributed by atoms with Crippen molar-refractivity contribution in [2.45, 2.75) is 33.2 Å². The lowest BCUT2D eigenvalue weighted by atomic mass is 10.1. The van der Waals surface area contributed by atoms with Crippen molar-refractivity contribution in [2.75, 3.05) is 11.4 Å². The van der Waals surface area contributed by atoms with E-state index in [2.05, 4.69) is 30.9 Å². The Bertz CT molecular complexity index is 507. The summed E-state index contributed by atoms with van der Waals surface area (Å²) in [5, 5.41) is 8.79. The number of carbonyl (C=O) groups is 1. The van der Waals surface area contributed by atoms with E-state index in [1.807, 2.05) is 13.0 Å². The van der Waals surface area contributed by atoms with Gasteiger partial charge in [-0.3, -0.25) is 0 Å². The van der Waals surface area contributed by atoms with Crippen molar-refractivity contribution >= 4 is 17.7 Å². The number of benzene rings is 1. The molecule has 1 heterocycles. The number of aryl methyl sites for hydroxylation is 1. The Balaban J connectivity index is 2.36. The Morgan fingerprint density at radius 2 is 2.16 bits per heavy atom. The van der Waals surface area contributed by atoms with E-state index in [9.17, 15) is 4.79 Å². The van der Waals surface area contributed by atoms with E-state index < -0.39 is 5.97 Å². The molecule has 1 N–H and O–H groups in total. The summed E-state index contributed by atoms with van der Waals surface area (Å²) in [5.74, 6) is -0.220. The number of anilines is 1. The molecule has 19 heavy (non-hydrogen) atoms. The maximum Gasteiger partial charge on any atom is 0.328 e. The molecule has 0 spiro atoms. The van der Waals surface area contributed by atoms with Crippen molar-refractivity contribution < 1.29 is 9.90 Å². The highest BCUT2D eigenvalue weighted by Crippen LogP contribution is 2.32. The van der Waals surface area contributed by atoms with Crippen molar-refractivity contribution in [1.29, 1.82) is 0 Å². The van der Waals surface area contributed by atoms with Gasteiger partial charge < -0.3 is 10.0 Å². The molecule has 0 aromatic heterocycles. The average molecular weight is 259 g/mol. The van der Waals surface area contributed by atoms with Gasteiger partial charge in [-0.1, -0.05) is 18.6 Å². The first-order chi connectivity index (χ1) is 8.97. The molecule has 3 heteroatoms. The fraction of sp³-hybridized carbons (Fsp3) is 0.438. The molecule has 0 bridgehead atoms. The zero-order chi connectivity index (χ0) is 14.0. The monoisotopic (exact) mass is 259 g/mol. The van der Waals surface area contributed by atoms with E-state index in [0.29, 0.717) is 12.0 Å². The maximum absolute atomic E-state index is 10.7. The molecule has 2 rings (SSSR count). The third kappa shape index (κ3) is 3.16. The molecule has 1 aromatic rings. The SMILES string of the molecule is Cc1ccc(N2CC(C)CC2C)c(/C=C/C(=O)O)c1. The molecule has 1 saturated heterocycles. The van der Waals surface area contributed by atoms with Crippen molar-refractivity contribution in [3.63, 3.8) is 0 Å². The minimum absolute atomic E-state index is 0.509. The molecule has 1 fully saturated rings. The highest BCUT2D eigenvalue weighted by atomic mass is 16.4. The summed E-state index contributed by atoms with van der Waals surface area (Å²) in [7, 11) is 0. The van der Waals surface area contributed by atoms with Crippen LogP contribution < -0.4 is 4.90 Å². The normalized spacial score (nSPS) is 23.2. The van der Waals surface area contributed by atoms with Crippen molar-refractivity contribution in [3.8, 4) is 0 Å². The number of aliphatic carboxylic acids is 1. The van der Waals surface area contributed by atoms with Gasteiger partial charge in [0.1, 0.15) is 0 Å². The molecule has 2 unspecified atom stereocenters.